The van der Waals surface area contributed by atoms with Crippen LogP contribution in [0, 0.1) is 10.8 Å². The maximum Gasteiger partial charge on any atom is 0.0317 e. The standard InChI is InChI=1S/C22H24/c1-6-15-11-12-17-16-9-7-8-10-18(16)22(19(17)13-15)20(2,3)14-21(22,4)5/h6-13H,1,14H2,2-5H3. The first kappa shape index (κ1) is 13.8. The molecule has 0 aromatic heterocycles. The molecule has 0 nitrogen and oxygen atoms in total. The summed E-state index contributed by atoms with van der Waals surface area (Å²) in [6.07, 6.45) is 3.22. The Balaban J connectivity index is 2.14. The van der Waals surface area contributed by atoms with Gasteiger partial charge in [0.25, 0.3) is 0 Å². The van der Waals surface area contributed by atoms with Crippen LogP contribution in [-0.4, -0.2) is 0 Å². The molecule has 112 valence electrons. The van der Waals surface area contributed by atoms with Gasteiger partial charge >= 0.3 is 0 Å². The highest BCUT2D eigenvalue weighted by Crippen LogP contribution is 2.75. The molecule has 0 unspecified atom stereocenters. The van der Waals surface area contributed by atoms with Gasteiger partial charge in [-0.1, -0.05) is 82.8 Å². The molecule has 2 aromatic carbocycles. The van der Waals surface area contributed by atoms with E-state index in [1.54, 1.807) is 0 Å². The van der Waals surface area contributed by atoms with Crippen molar-refractivity contribution in [3.63, 3.8) is 0 Å². The molecule has 0 heterocycles. The molecule has 1 saturated carbocycles. The van der Waals surface area contributed by atoms with Gasteiger partial charge in [-0.2, -0.15) is 0 Å². The van der Waals surface area contributed by atoms with Gasteiger partial charge in [0.15, 0.2) is 0 Å². The largest absolute Gasteiger partial charge is 0.0985 e. The van der Waals surface area contributed by atoms with E-state index in [0.29, 0.717) is 0 Å². The molecule has 2 aliphatic carbocycles. The third-order valence-corrected chi connectivity index (χ3v) is 6.22. The highest BCUT2D eigenvalue weighted by molar-refractivity contribution is 5.84. The summed E-state index contributed by atoms with van der Waals surface area (Å²) < 4.78 is 0. The predicted octanol–water partition coefficient (Wildman–Crippen LogP) is 6.05. The number of fused-ring (bicyclic) bond motifs is 5. The molecule has 2 aromatic rings. The Hall–Kier alpha value is -1.82. The fourth-order valence-corrected chi connectivity index (χ4v) is 6.06. The lowest BCUT2D eigenvalue weighted by molar-refractivity contribution is -0.0858. The summed E-state index contributed by atoms with van der Waals surface area (Å²) in [6.45, 7) is 13.7. The summed E-state index contributed by atoms with van der Waals surface area (Å²) in [6, 6.07) is 15.9. The zero-order valence-electron chi connectivity index (χ0n) is 14.0. The predicted molar refractivity (Wildman–Crippen MR) is 94.9 cm³/mol. The van der Waals surface area contributed by atoms with Crippen LogP contribution in [0.3, 0.4) is 0 Å². The van der Waals surface area contributed by atoms with Gasteiger partial charge in [-0.25, -0.2) is 0 Å². The molecule has 2 aliphatic rings. The first-order valence-electron chi connectivity index (χ1n) is 8.22. The second-order valence-corrected chi connectivity index (χ2v) is 8.25. The molecule has 0 amide bonds. The topological polar surface area (TPSA) is 0 Å². The summed E-state index contributed by atoms with van der Waals surface area (Å²) in [5.41, 5.74) is 7.76. The highest BCUT2D eigenvalue weighted by atomic mass is 14.7. The van der Waals surface area contributed by atoms with Crippen LogP contribution in [0.1, 0.15) is 50.8 Å². The summed E-state index contributed by atoms with van der Waals surface area (Å²) in [5, 5.41) is 0. The number of benzene rings is 2. The molecule has 0 heteroatoms. The van der Waals surface area contributed by atoms with Gasteiger partial charge < -0.3 is 0 Å². The second kappa shape index (κ2) is 3.93. The summed E-state index contributed by atoms with van der Waals surface area (Å²) in [7, 11) is 0. The van der Waals surface area contributed by atoms with Gasteiger partial charge in [0.05, 0.1) is 0 Å². The van der Waals surface area contributed by atoms with Crippen molar-refractivity contribution in [2.75, 3.05) is 0 Å². The summed E-state index contributed by atoms with van der Waals surface area (Å²) in [5.74, 6) is 0. The Morgan fingerprint density at radius 2 is 1.50 bits per heavy atom. The minimum Gasteiger partial charge on any atom is -0.0985 e. The van der Waals surface area contributed by atoms with Crippen LogP contribution < -0.4 is 0 Å². The molecular formula is C22H24. The van der Waals surface area contributed by atoms with Crippen LogP contribution in [0.5, 0.6) is 0 Å². The third-order valence-electron chi connectivity index (χ3n) is 6.22. The first-order chi connectivity index (χ1) is 10.3. The van der Waals surface area contributed by atoms with Gasteiger partial charge in [-0.3, -0.25) is 0 Å². The maximum absolute atomic E-state index is 3.97. The van der Waals surface area contributed by atoms with Crippen molar-refractivity contribution in [1.29, 1.82) is 0 Å². The Labute approximate surface area is 133 Å². The molecule has 1 fully saturated rings. The van der Waals surface area contributed by atoms with Gasteiger partial charge in [0.2, 0.25) is 0 Å². The van der Waals surface area contributed by atoms with E-state index in [2.05, 4.69) is 76.7 Å². The van der Waals surface area contributed by atoms with Gasteiger partial charge in [-0.05, 0) is 45.1 Å². The number of hydrogen-bond donors (Lipinski definition) is 0. The van der Waals surface area contributed by atoms with Crippen molar-refractivity contribution >= 4 is 6.08 Å². The average Bonchev–Trinajstić information content (AvgIpc) is 2.78. The van der Waals surface area contributed by atoms with E-state index >= 15 is 0 Å². The lowest BCUT2D eigenvalue weighted by atomic mass is 9.36. The SMILES string of the molecule is C=Cc1ccc2c(c1)C1(c3ccccc3-2)C(C)(C)CC1(C)C. The molecule has 0 saturated heterocycles. The van der Waals surface area contributed by atoms with Crippen molar-refractivity contribution < 1.29 is 0 Å². The van der Waals surface area contributed by atoms with Crippen LogP contribution in [0.15, 0.2) is 49.0 Å². The smallest absolute Gasteiger partial charge is 0.0317 e. The zero-order chi connectivity index (χ0) is 15.8. The molecular weight excluding hydrogens is 264 g/mol. The molecule has 22 heavy (non-hydrogen) atoms. The summed E-state index contributed by atoms with van der Waals surface area (Å²) >= 11 is 0. The fourth-order valence-electron chi connectivity index (χ4n) is 6.06. The van der Waals surface area contributed by atoms with Crippen LogP contribution in [0.25, 0.3) is 17.2 Å². The molecule has 0 bridgehead atoms. The summed E-state index contributed by atoms with van der Waals surface area (Å²) in [4.78, 5) is 0. The number of hydrogen-bond acceptors (Lipinski definition) is 0. The highest BCUT2D eigenvalue weighted by Gasteiger charge is 2.69. The molecule has 0 radical (unpaired) electrons. The molecule has 0 atom stereocenters. The van der Waals surface area contributed by atoms with Crippen molar-refractivity contribution in [3.8, 4) is 11.1 Å². The lowest BCUT2D eigenvalue weighted by Gasteiger charge is -2.67. The lowest BCUT2D eigenvalue weighted by Crippen LogP contribution is -2.63. The Morgan fingerprint density at radius 3 is 2.14 bits per heavy atom. The molecule has 1 spiro atoms. The van der Waals surface area contributed by atoms with Gasteiger partial charge in [-0.15, -0.1) is 0 Å². The molecule has 4 rings (SSSR count). The van der Waals surface area contributed by atoms with Crippen LogP contribution in [0.2, 0.25) is 0 Å². The Bertz CT molecular complexity index is 775. The van der Waals surface area contributed by atoms with E-state index in [1.165, 1.54) is 34.2 Å². The number of rotatable bonds is 1. The fraction of sp³-hybridized carbons (Fsp3) is 0.364. The van der Waals surface area contributed by atoms with Crippen LogP contribution in [-0.2, 0) is 5.41 Å². The van der Waals surface area contributed by atoms with Crippen LogP contribution in [0.4, 0.5) is 0 Å². The van der Waals surface area contributed by atoms with Crippen molar-refractivity contribution in [2.45, 2.75) is 39.5 Å². The van der Waals surface area contributed by atoms with Crippen LogP contribution >= 0.6 is 0 Å². The molecule has 0 N–H and O–H groups in total. The van der Waals surface area contributed by atoms with Crippen molar-refractivity contribution in [3.05, 3.63) is 65.7 Å². The first-order valence-corrected chi connectivity index (χ1v) is 8.22. The Kier molecular flexibility index (Phi) is 2.47. The van der Waals surface area contributed by atoms with Gasteiger partial charge in [0, 0.05) is 5.41 Å². The normalized spacial score (nSPS) is 21.8. The molecule has 0 aliphatic heterocycles. The zero-order valence-corrected chi connectivity index (χ0v) is 14.0. The van der Waals surface area contributed by atoms with E-state index in [-0.39, 0.29) is 16.2 Å². The Morgan fingerprint density at radius 1 is 0.864 bits per heavy atom. The maximum atomic E-state index is 3.97. The third kappa shape index (κ3) is 1.30. The minimum atomic E-state index is 0.116. The van der Waals surface area contributed by atoms with E-state index < -0.39 is 0 Å². The second-order valence-electron chi connectivity index (χ2n) is 8.25. The monoisotopic (exact) mass is 288 g/mol. The minimum absolute atomic E-state index is 0.116. The van der Waals surface area contributed by atoms with E-state index in [0.717, 1.165) is 0 Å². The van der Waals surface area contributed by atoms with Crippen molar-refractivity contribution in [2.24, 2.45) is 10.8 Å². The van der Waals surface area contributed by atoms with E-state index in [9.17, 15) is 0 Å². The van der Waals surface area contributed by atoms with Crippen molar-refractivity contribution in [1.82, 2.24) is 0 Å². The quantitative estimate of drug-likeness (QED) is 0.599. The van der Waals surface area contributed by atoms with E-state index in [1.807, 2.05) is 6.08 Å². The van der Waals surface area contributed by atoms with E-state index in [4.69, 9.17) is 0 Å². The average molecular weight is 288 g/mol. The van der Waals surface area contributed by atoms with Gasteiger partial charge in [0.1, 0.15) is 0 Å².